The zero-order chi connectivity index (χ0) is 16.1. The van der Waals surface area contributed by atoms with Crippen molar-refractivity contribution in [2.24, 2.45) is 0 Å². The molecule has 1 aliphatic carbocycles. The van der Waals surface area contributed by atoms with E-state index in [1.54, 1.807) is 6.07 Å². The number of benzene rings is 2. The summed E-state index contributed by atoms with van der Waals surface area (Å²) in [6.07, 6.45) is 4.52. The standard InChI is InChI=1S/C19H18N2OS/c20-13-14-7-1-5-11-17(14)23-18-12-6-4-10-16(18)19(22)21-15-8-2-3-9-15/h1,4-7,10-12,15H,2-3,8-9H2,(H,21,22). The molecule has 3 rings (SSSR count). The lowest BCUT2D eigenvalue weighted by Crippen LogP contribution is -2.32. The number of nitriles is 1. The molecule has 0 spiro atoms. The Kier molecular flexibility index (Phi) is 4.99. The first-order valence-corrected chi connectivity index (χ1v) is 8.66. The van der Waals surface area contributed by atoms with Crippen molar-refractivity contribution in [2.75, 3.05) is 0 Å². The molecule has 0 bridgehead atoms. The highest BCUT2D eigenvalue weighted by Gasteiger charge is 2.20. The van der Waals surface area contributed by atoms with Crippen LogP contribution in [0.25, 0.3) is 0 Å². The van der Waals surface area contributed by atoms with Gasteiger partial charge in [-0.3, -0.25) is 4.79 Å². The number of nitrogens with one attached hydrogen (secondary N) is 1. The zero-order valence-electron chi connectivity index (χ0n) is 12.8. The first kappa shape index (κ1) is 15.6. The average Bonchev–Trinajstić information content (AvgIpc) is 3.09. The molecule has 1 aliphatic rings. The SMILES string of the molecule is N#Cc1ccccc1Sc1ccccc1C(=O)NC1CCCC1. The van der Waals surface area contributed by atoms with Crippen LogP contribution >= 0.6 is 11.8 Å². The largest absolute Gasteiger partial charge is 0.349 e. The normalized spacial score (nSPS) is 14.4. The van der Waals surface area contributed by atoms with Crippen molar-refractivity contribution in [1.29, 1.82) is 5.26 Å². The van der Waals surface area contributed by atoms with Gasteiger partial charge < -0.3 is 5.32 Å². The van der Waals surface area contributed by atoms with E-state index in [4.69, 9.17) is 0 Å². The summed E-state index contributed by atoms with van der Waals surface area (Å²) in [5.41, 5.74) is 1.31. The molecule has 1 N–H and O–H groups in total. The van der Waals surface area contributed by atoms with Crippen molar-refractivity contribution in [3.63, 3.8) is 0 Å². The summed E-state index contributed by atoms with van der Waals surface area (Å²) in [6.45, 7) is 0. The minimum Gasteiger partial charge on any atom is -0.349 e. The lowest BCUT2D eigenvalue weighted by Gasteiger charge is -2.14. The van der Waals surface area contributed by atoms with Gasteiger partial charge in [0.2, 0.25) is 0 Å². The molecule has 1 saturated carbocycles. The van der Waals surface area contributed by atoms with E-state index in [9.17, 15) is 10.1 Å². The molecule has 0 saturated heterocycles. The van der Waals surface area contributed by atoms with Gasteiger partial charge in [-0.2, -0.15) is 5.26 Å². The second-order valence-electron chi connectivity index (χ2n) is 5.66. The van der Waals surface area contributed by atoms with E-state index < -0.39 is 0 Å². The van der Waals surface area contributed by atoms with Gasteiger partial charge in [-0.15, -0.1) is 0 Å². The van der Waals surface area contributed by atoms with Crippen molar-refractivity contribution >= 4 is 17.7 Å². The molecule has 4 heteroatoms. The predicted octanol–water partition coefficient (Wildman–Crippen LogP) is 4.38. The molecule has 0 aliphatic heterocycles. The smallest absolute Gasteiger partial charge is 0.252 e. The van der Waals surface area contributed by atoms with E-state index >= 15 is 0 Å². The van der Waals surface area contributed by atoms with Gasteiger partial charge in [-0.05, 0) is 37.1 Å². The van der Waals surface area contributed by atoms with Gasteiger partial charge in [-0.1, -0.05) is 48.9 Å². The van der Waals surface area contributed by atoms with Gasteiger partial charge in [0, 0.05) is 15.8 Å². The Morgan fingerprint density at radius 1 is 1.04 bits per heavy atom. The summed E-state index contributed by atoms with van der Waals surface area (Å²) in [6, 6.07) is 17.5. The summed E-state index contributed by atoms with van der Waals surface area (Å²) >= 11 is 1.47. The molecule has 0 radical (unpaired) electrons. The zero-order valence-corrected chi connectivity index (χ0v) is 13.6. The van der Waals surface area contributed by atoms with Crippen LogP contribution in [0.1, 0.15) is 41.6 Å². The number of hydrogen-bond acceptors (Lipinski definition) is 3. The monoisotopic (exact) mass is 322 g/mol. The highest BCUT2D eigenvalue weighted by Crippen LogP contribution is 2.32. The van der Waals surface area contributed by atoms with Crippen LogP contribution in [0, 0.1) is 11.3 Å². The van der Waals surface area contributed by atoms with Crippen LogP contribution in [0.5, 0.6) is 0 Å². The highest BCUT2D eigenvalue weighted by molar-refractivity contribution is 7.99. The second-order valence-corrected chi connectivity index (χ2v) is 6.74. The van der Waals surface area contributed by atoms with Crippen molar-refractivity contribution in [1.82, 2.24) is 5.32 Å². The van der Waals surface area contributed by atoms with Crippen LogP contribution in [0.15, 0.2) is 58.3 Å². The highest BCUT2D eigenvalue weighted by atomic mass is 32.2. The van der Waals surface area contributed by atoms with Crippen LogP contribution in [0.4, 0.5) is 0 Å². The molecule has 0 atom stereocenters. The Morgan fingerprint density at radius 3 is 2.43 bits per heavy atom. The fourth-order valence-corrected chi connectivity index (χ4v) is 3.87. The minimum atomic E-state index is -0.0190. The van der Waals surface area contributed by atoms with E-state index in [0.29, 0.717) is 17.2 Å². The molecule has 1 amide bonds. The third-order valence-electron chi connectivity index (χ3n) is 4.05. The fourth-order valence-electron chi connectivity index (χ4n) is 2.84. The van der Waals surface area contributed by atoms with Gasteiger partial charge >= 0.3 is 0 Å². The van der Waals surface area contributed by atoms with E-state index in [1.165, 1.54) is 24.6 Å². The van der Waals surface area contributed by atoms with Crippen LogP contribution in [-0.4, -0.2) is 11.9 Å². The Balaban J connectivity index is 1.83. The Morgan fingerprint density at radius 2 is 1.70 bits per heavy atom. The first-order chi connectivity index (χ1) is 11.3. The quantitative estimate of drug-likeness (QED) is 0.908. The number of amides is 1. The molecule has 116 valence electrons. The van der Waals surface area contributed by atoms with Crippen LogP contribution in [0.2, 0.25) is 0 Å². The molecule has 2 aromatic rings. The van der Waals surface area contributed by atoms with Crippen molar-refractivity contribution in [2.45, 2.75) is 41.5 Å². The van der Waals surface area contributed by atoms with Gasteiger partial charge in [0.25, 0.3) is 5.91 Å². The maximum absolute atomic E-state index is 12.6. The maximum atomic E-state index is 12.6. The van der Waals surface area contributed by atoms with E-state index in [0.717, 1.165) is 22.6 Å². The third-order valence-corrected chi connectivity index (χ3v) is 5.20. The molecular weight excluding hydrogens is 304 g/mol. The fraction of sp³-hybridized carbons (Fsp3) is 0.263. The lowest BCUT2D eigenvalue weighted by atomic mass is 10.2. The Bertz CT molecular complexity index is 745. The van der Waals surface area contributed by atoms with Crippen LogP contribution in [-0.2, 0) is 0 Å². The molecule has 0 unspecified atom stereocenters. The van der Waals surface area contributed by atoms with E-state index in [2.05, 4.69) is 11.4 Å². The molecule has 23 heavy (non-hydrogen) atoms. The molecular formula is C19H18N2OS. The van der Waals surface area contributed by atoms with Crippen molar-refractivity contribution in [3.05, 3.63) is 59.7 Å². The maximum Gasteiger partial charge on any atom is 0.252 e. The summed E-state index contributed by atoms with van der Waals surface area (Å²) < 4.78 is 0. The van der Waals surface area contributed by atoms with Crippen LogP contribution < -0.4 is 5.32 Å². The summed E-state index contributed by atoms with van der Waals surface area (Å²) in [5.74, 6) is -0.0190. The van der Waals surface area contributed by atoms with Crippen molar-refractivity contribution < 1.29 is 4.79 Å². The molecule has 3 nitrogen and oxygen atoms in total. The van der Waals surface area contributed by atoms with E-state index in [1.807, 2.05) is 42.5 Å². The summed E-state index contributed by atoms with van der Waals surface area (Å²) in [4.78, 5) is 14.3. The summed E-state index contributed by atoms with van der Waals surface area (Å²) in [5, 5.41) is 12.4. The number of rotatable bonds is 4. The Hall–Kier alpha value is -2.25. The number of carbonyl (C=O) groups excluding carboxylic acids is 1. The first-order valence-electron chi connectivity index (χ1n) is 7.85. The van der Waals surface area contributed by atoms with Gasteiger partial charge in [-0.25, -0.2) is 0 Å². The minimum absolute atomic E-state index is 0.0190. The van der Waals surface area contributed by atoms with Gasteiger partial charge in [0.15, 0.2) is 0 Å². The molecule has 1 fully saturated rings. The summed E-state index contributed by atoms with van der Waals surface area (Å²) in [7, 11) is 0. The topological polar surface area (TPSA) is 52.9 Å². The van der Waals surface area contributed by atoms with Gasteiger partial charge in [0.05, 0.1) is 11.1 Å². The molecule has 0 aromatic heterocycles. The second kappa shape index (κ2) is 7.34. The predicted molar refractivity (Wildman–Crippen MR) is 91.4 cm³/mol. The number of nitrogens with zero attached hydrogens (tertiary/aromatic N) is 1. The van der Waals surface area contributed by atoms with Crippen molar-refractivity contribution in [3.8, 4) is 6.07 Å². The van der Waals surface area contributed by atoms with Crippen LogP contribution in [0.3, 0.4) is 0 Å². The number of carbonyl (C=O) groups is 1. The lowest BCUT2D eigenvalue weighted by molar-refractivity contribution is 0.0935. The Labute approximate surface area is 140 Å². The number of hydrogen-bond donors (Lipinski definition) is 1. The third kappa shape index (κ3) is 3.75. The van der Waals surface area contributed by atoms with E-state index in [-0.39, 0.29) is 5.91 Å². The van der Waals surface area contributed by atoms with Gasteiger partial charge in [0.1, 0.15) is 6.07 Å². The average molecular weight is 322 g/mol. The molecule has 2 aromatic carbocycles. The molecule has 0 heterocycles.